The van der Waals surface area contributed by atoms with Crippen LogP contribution in [0.25, 0.3) is 0 Å². The van der Waals surface area contributed by atoms with E-state index in [2.05, 4.69) is 27.3 Å². The molecule has 1 atom stereocenters. The Kier molecular flexibility index (Phi) is 7.50. The second-order valence-electron chi connectivity index (χ2n) is 5.14. The van der Waals surface area contributed by atoms with Crippen LogP contribution in [0.2, 0.25) is 0 Å². The molecule has 1 N–H and O–H groups in total. The molecular formula is C16H24BrNO3. The lowest BCUT2D eigenvalue weighted by atomic mass is 10.0. The first-order valence-electron chi connectivity index (χ1n) is 7.53. The Bertz CT molecular complexity index is 428. The molecule has 0 aromatic heterocycles. The number of benzene rings is 1. The number of fused-ring (bicyclic) bond motifs is 1. The highest BCUT2D eigenvalue weighted by atomic mass is 79.9. The van der Waals surface area contributed by atoms with Crippen LogP contribution in [0.1, 0.15) is 30.9 Å². The molecule has 0 fully saturated rings. The van der Waals surface area contributed by atoms with E-state index >= 15 is 0 Å². The smallest absolute Gasteiger partial charge is 0.124 e. The normalized spacial score (nSPS) is 17.3. The number of hydrogen-bond acceptors (Lipinski definition) is 4. The van der Waals surface area contributed by atoms with Crippen LogP contribution in [-0.4, -0.2) is 40.1 Å². The molecule has 0 spiro atoms. The van der Waals surface area contributed by atoms with Crippen molar-refractivity contribution in [2.75, 3.05) is 40.1 Å². The van der Waals surface area contributed by atoms with Crippen LogP contribution in [-0.2, 0) is 9.47 Å². The van der Waals surface area contributed by atoms with E-state index in [9.17, 15) is 0 Å². The van der Waals surface area contributed by atoms with Crippen LogP contribution in [0.4, 0.5) is 0 Å². The van der Waals surface area contributed by atoms with Crippen LogP contribution in [0.3, 0.4) is 0 Å². The summed E-state index contributed by atoms with van der Waals surface area (Å²) in [5, 5.41) is 3.63. The maximum atomic E-state index is 5.70. The number of nitrogens with one attached hydrogen (secondary N) is 1. The number of methoxy groups -OCH3 is 1. The highest BCUT2D eigenvalue weighted by molar-refractivity contribution is 9.10. The maximum absolute atomic E-state index is 5.70. The van der Waals surface area contributed by atoms with Gasteiger partial charge >= 0.3 is 0 Å². The molecule has 4 nitrogen and oxygen atoms in total. The number of hydrogen-bond donors (Lipinski definition) is 1. The molecular weight excluding hydrogens is 334 g/mol. The van der Waals surface area contributed by atoms with Gasteiger partial charge in [-0.2, -0.15) is 0 Å². The average Bonchev–Trinajstić information content (AvgIpc) is 2.50. The van der Waals surface area contributed by atoms with Crippen molar-refractivity contribution in [3.8, 4) is 5.75 Å². The minimum Gasteiger partial charge on any atom is -0.493 e. The number of ether oxygens (including phenoxy) is 3. The lowest BCUT2D eigenvalue weighted by Gasteiger charge is -2.27. The number of rotatable bonds is 9. The van der Waals surface area contributed by atoms with E-state index < -0.39 is 0 Å². The lowest BCUT2D eigenvalue weighted by molar-refractivity contribution is 0.0687. The van der Waals surface area contributed by atoms with Crippen LogP contribution in [0.5, 0.6) is 5.75 Å². The van der Waals surface area contributed by atoms with E-state index in [0.29, 0.717) is 19.3 Å². The summed E-state index contributed by atoms with van der Waals surface area (Å²) in [6.45, 7) is 3.95. The highest BCUT2D eigenvalue weighted by Crippen LogP contribution is 2.33. The van der Waals surface area contributed by atoms with E-state index in [4.69, 9.17) is 14.2 Å². The van der Waals surface area contributed by atoms with E-state index in [1.807, 2.05) is 12.1 Å². The number of unbranched alkanes of at least 4 members (excludes halogenated alkanes) is 1. The van der Waals surface area contributed by atoms with Gasteiger partial charge in [0.25, 0.3) is 0 Å². The molecule has 1 unspecified atom stereocenters. The van der Waals surface area contributed by atoms with Crippen molar-refractivity contribution >= 4 is 15.9 Å². The van der Waals surface area contributed by atoms with Gasteiger partial charge in [-0.3, -0.25) is 0 Å². The Morgan fingerprint density at radius 1 is 1.29 bits per heavy atom. The zero-order chi connectivity index (χ0) is 14.9. The molecule has 0 bridgehead atoms. The van der Waals surface area contributed by atoms with Gasteiger partial charge in [-0.1, -0.05) is 15.9 Å². The molecule has 1 aliphatic heterocycles. The Morgan fingerprint density at radius 3 is 3.05 bits per heavy atom. The van der Waals surface area contributed by atoms with Crippen molar-refractivity contribution in [1.29, 1.82) is 0 Å². The molecule has 5 heteroatoms. The maximum Gasteiger partial charge on any atom is 0.124 e. The summed E-state index contributed by atoms with van der Waals surface area (Å²) in [5.41, 5.74) is 1.26. The molecule has 0 amide bonds. The van der Waals surface area contributed by atoms with E-state index in [1.165, 1.54) is 5.56 Å². The van der Waals surface area contributed by atoms with Crippen LogP contribution < -0.4 is 10.1 Å². The predicted octanol–water partition coefficient (Wildman–Crippen LogP) is 3.31. The highest BCUT2D eigenvalue weighted by Gasteiger charge is 2.20. The molecule has 0 radical (unpaired) electrons. The van der Waals surface area contributed by atoms with Gasteiger partial charge < -0.3 is 19.5 Å². The number of halogens is 1. The molecule has 1 heterocycles. The molecule has 118 valence electrons. The molecule has 0 aliphatic carbocycles. The second kappa shape index (κ2) is 9.41. The molecule has 0 saturated carbocycles. The topological polar surface area (TPSA) is 39.7 Å². The van der Waals surface area contributed by atoms with Gasteiger partial charge in [0.2, 0.25) is 0 Å². The Balaban J connectivity index is 1.67. The first-order valence-corrected chi connectivity index (χ1v) is 8.33. The van der Waals surface area contributed by atoms with Gasteiger partial charge in [0, 0.05) is 36.2 Å². The molecule has 2 rings (SSSR count). The van der Waals surface area contributed by atoms with Crippen LogP contribution >= 0.6 is 15.9 Å². The van der Waals surface area contributed by atoms with Gasteiger partial charge in [-0.15, -0.1) is 0 Å². The first kappa shape index (κ1) is 16.7. The minimum atomic E-state index is 0.389. The van der Waals surface area contributed by atoms with Crippen LogP contribution in [0.15, 0.2) is 22.7 Å². The summed E-state index contributed by atoms with van der Waals surface area (Å²) in [5.74, 6) is 1.00. The molecule has 21 heavy (non-hydrogen) atoms. The second-order valence-corrected chi connectivity index (χ2v) is 6.05. The van der Waals surface area contributed by atoms with E-state index in [-0.39, 0.29) is 0 Å². The van der Waals surface area contributed by atoms with E-state index in [0.717, 1.165) is 49.2 Å². The van der Waals surface area contributed by atoms with E-state index in [1.54, 1.807) is 7.11 Å². The largest absolute Gasteiger partial charge is 0.493 e. The standard InChI is InChI=1S/C16H24BrNO3/c1-19-10-11-20-8-3-2-7-18-15-6-9-21-16-5-4-13(17)12-14(15)16/h4-5,12,15,18H,2-3,6-11H2,1H3. The summed E-state index contributed by atoms with van der Waals surface area (Å²) in [6, 6.07) is 6.61. The molecule has 1 aromatic carbocycles. The van der Waals surface area contributed by atoms with Crippen molar-refractivity contribution < 1.29 is 14.2 Å². The summed E-state index contributed by atoms with van der Waals surface area (Å²) in [4.78, 5) is 0. The SMILES string of the molecule is COCCOCCCCNC1CCOc2ccc(Br)cc21. The Morgan fingerprint density at radius 2 is 2.19 bits per heavy atom. The average molecular weight is 358 g/mol. The lowest BCUT2D eigenvalue weighted by Crippen LogP contribution is -2.28. The summed E-state index contributed by atoms with van der Waals surface area (Å²) in [7, 11) is 1.69. The summed E-state index contributed by atoms with van der Waals surface area (Å²) < 4.78 is 17.2. The Hall–Kier alpha value is -0.620. The van der Waals surface area contributed by atoms with Crippen molar-refractivity contribution in [2.45, 2.75) is 25.3 Å². The van der Waals surface area contributed by atoms with Gasteiger partial charge in [0.1, 0.15) is 5.75 Å². The Labute approximate surface area is 135 Å². The summed E-state index contributed by atoms with van der Waals surface area (Å²) in [6.07, 6.45) is 3.22. The van der Waals surface area contributed by atoms with Gasteiger partial charge in [0.15, 0.2) is 0 Å². The third-order valence-electron chi connectivity index (χ3n) is 3.55. The van der Waals surface area contributed by atoms with Crippen molar-refractivity contribution in [1.82, 2.24) is 5.32 Å². The first-order chi connectivity index (χ1) is 10.3. The molecule has 0 saturated heterocycles. The van der Waals surface area contributed by atoms with Crippen molar-refractivity contribution in [3.05, 3.63) is 28.2 Å². The molecule has 1 aromatic rings. The minimum absolute atomic E-state index is 0.389. The van der Waals surface area contributed by atoms with Crippen molar-refractivity contribution in [2.24, 2.45) is 0 Å². The summed E-state index contributed by atoms with van der Waals surface area (Å²) >= 11 is 3.53. The zero-order valence-corrected chi connectivity index (χ0v) is 14.2. The van der Waals surface area contributed by atoms with Crippen molar-refractivity contribution in [3.63, 3.8) is 0 Å². The predicted molar refractivity (Wildman–Crippen MR) is 86.9 cm³/mol. The quantitative estimate of drug-likeness (QED) is 0.688. The molecule has 1 aliphatic rings. The fourth-order valence-corrected chi connectivity index (χ4v) is 2.81. The van der Waals surface area contributed by atoms with Gasteiger partial charge in [-0.25, -0.2) is 0 Å². The third kappa shape index (κ3) is 5.58. The zero-order valence-electron chi connectivity index (χ0n) is 12.6. The monoisotopic (exact) mass is 357 g/mol. The van der Waals surface area contributed by atoms with Crippen LogP contribution in [0, 0.1) is 0 Å². The fourth-order valence-electron chi connectivity index (χ4n) is 2.43. The van der Waals surface area contributed by atoms with Gasteiger partial charge in [0.05, 0.1) is 19.8 Å². The fraction of sp³-hybridized carbons (Fsp3) is 0.625. The van der Waals surface area contributed by atoms with Gasteiger partial charge in [-0.05, 0) is 37.6 Å². The third-order valence-corrected chi connectivity index (χ3v) is 4.04.